The van der Waals surface area contributed by atoms with Crippen LogP contribution in [0.25, 0.3) is 5.76 Å². The Balaban J connectivity index is 3.02. The Bertz CT molecular complexity index is 334. The molecule has 0 aliphatic carbocycles. The maximum atomic E-state index is 9.08. The van der Waals surface area contributed by atoms with Crippen molar-refractivity contribution in [3.05, 3.63) is 35.8 Å². The van der Waals surface area contributed by atoms with Gasteiger partial charge in [0.15, 0.2) is 5.76 Å². The number of hydrogen-bond donors (Lipinski definition) is 2. The van der Waals surface area contributed by atoms with Crippen molar-refractivity contribution in [2.45, 2.75) is 0 Å². The van der Waals surface area contributed by atoms with Crippen LogP contribution in [0, 0.1) is 11.3 Å². The molecule has 0 radical (unpaired) electrons. The molecule has 1 rings (SSSR count). The molecule has 0 atom stereocenters. The Hall–Kier alpha value is -2.02. The van der Waals surface area contributed by atoms with Gasteiger partial charge in [0.2, 0.25) is 0 Å². The maximum absolute atomic E-state index is 9.08. The van der Waals surface area contributed by atoms with Gasteiger partial charge in [-0.1, -0.05) is 0 Å². The second kappa shape index (κ2) is 3.39. The standard InChI is InChI=1S/C8H7N3O/c9-3-6-1-2-7(11-5-6)8(12)4-10/h1-2,4-5,12H,10H2/b8-4+. The van der Waals surface area contributed by atoms with Crippen molar-refractivity contribution in [3.63, 3.8) is 0 Å². The van der Waals surface area contributed by atoms with Crippen LogP contribution < -0.4 is 5.73 Å². The number of nitrogens with two attached hydrogens (primary N) is 1. The highest BCUT2D eigenvalue weighted by Crippen LogP contribution is 2.06. The van der Waals surface area contributed by atoms with Crippen LogP contribution in [0.15, 0.2) is 24.5 Å². The molecule has 0 saturated carbocycles. The van der Waals surface area contributed by atoms with E-state index < -0.39 is 0 Å². The van der Waals surface area contributed by atoms with Gasteiger partial charge in [-0.25, -0.2) is 0 Å². The van der Waals surface area contributed by atoms with Gasteiger partial charge >= 0.3 is 0 Å². The summed E-state index contributed by atoms with van der Waals surface area (Å²) < 4.78 is 0. The number of nitriles is 1. The van der Waals surface area contributed by atoms with Gasteiger partial charge in [0.05, 0.1) is 5.56 Å². The zero-order chi connectivity index (χ0) is 8.97. The molecule has 1 aromatic heterocycles. The molecule has 0 unspecified atom stereocenters. The molecule has 0 amide bonds. The van der Waals surface area contributed by atoms with Gasteiger partial charge in [0.1, 0.15) is 11.8 Å². The molecular formula is C8H7N3O. The zero-order valence-corrected chi connectivity index (χ0v) is 6.23. The number of nitrogens with zero attached hydrogens (tertiary/aromatic N) is 2. The van der Waals surface area contributed by atoms with Gasteiger partial charge in [-0.15, -0.1) is 0 Å². The Labute approximate surface area is 69.6 Å². The molecule has 60 valence electrons. The van der Waals surface area contributed by atoms with Gasteiger partial charge in [-0.05, 0) is 12.1 Å². The van der Waals surface area contributed by atoms with Crippen LogP contribution in [0.3, 0.4) is 0 Å². The molecule has 0 saturated heterocycles. The summed E-state index contributed by atoms with van der Waals surface area (Å²) in [5, 5.41) is 17.5. The molecule has 4 heteroatoms. The third-order valence-electron chi connectivity index (χ3n) is 1.31. The summed E-state index contributed by atoms with van der Waals surface area (Å²) in [6, 6.07) is 5.00. The average Bonchev–Trinajstić information content (AvgIpc) is 2.17. The SMILES string of the molecule is N#Cc1ccc(/C(O)=C\N)nc1. The predicted molar refractivity (Wildman–Crippen MR) is 43.7 cm³/mol. The summed E-state index contributed by atoms with van der Waals surface area (Å²) in [6.45, 7) is 0. The first-order chi connectivity index (χ1) is 5.77. The van der Waals surface area contributed by atoms with Crippen LogP contribution in [-0.2, 0) is 0 Å². The van der Waals surface area contributed by atoms with Crippen LogP contribution in [-0.4, -0.2) is 10.1 Å². The minimum atomic E-state index is -0.0977. The molecule has 0 fully saturated rings. The minimum absolute atomic E-state index is 0.0977. The first-order valence-electron chi connectivity index (χ1n) is 3.25. The monoisotopic (exact) mass is 161 g/mol. The van der Waals surface area contributed by atoms with E-state index >= 15 is 0 Å². The Morgan fingerprint density at radius 3 is 2.83 bits per heavy atom. The van der Waals surface area contributed by atoms with Crippen LogP contribution in [0.2, 0.25) is 0 Å². The molecule has 0 bridgehead atoms. The zero-order valence-electron chi connectivity index (χ0n) is 6.23. The second-order valence-electron chi connectivity index (χ2n) is 2.10. The Morgan fingerprint density at radius 2 is 2.42 bits per heavy atom. The number of rotatable bonds is 1. The molecule has 0 aliphatic heterocycles. The van der Waals surface area contributed by atoms with Crippen LogP contribution in [0.1, 0.15) is 11.3 Å². The second-order valence-corrected chi connectivity index (χ2v) is 2.10. The third kappa shape index (κ3) is 1.52. The normalized spacial score (nSPS) is 10.8. The van der Waals surface area contributed by atoms with E-state index in [1.54, 1.807) is 6.07 Å². The van der Waals surface area contributed by atoms with E-state index in [9.17, 15) is 0 Å². The maximum Gasteiger partial charge on any atom is 0.156 e. The van der Waals surface area contributed by atoms with Gasteiger partial charge in [-0.2, -0.15) is 5.26 Å². The average molecular weight is 161 g/mol. The van der Waals surface area contributed by atoms with E-state index in [1.165, 1.54) is 12.3 Å². The fourth-order valence-electron chi connectivity index (χ4n) is 0.697. The molecule has 1 aromatic rings. The summed E-state index contributed by atoms with van der Waals surface area (Å²) in [5.41, 5.74) is 5.86. The number of hydrogen-bond acceptors (Lipinski definition) is 4. The lowest BCUT2D eigenvalue weighted by Gasteiger charge is -1.96. The Morgan fingerprint density at radius 1 is 1.67 bits per heavy atom. The molecular weight excluding hydrogens is 154 g/mol. The van der Waals surface area contributed by atoms with E-state index in [2.05, 4.69) is 4.98 Å². The fraction of sp³-hybridized carbons (Fsp3) is 0. The van der Waals surface area contributed by atoms with E-state index in [0.717, 1.165) is 6.20 Å². The summed E-state index contributed by atoms with van der Waals surface area (Å²) in [6.07, 6.45) is 2.42. The molecule has 0 aromatic carbocycles. The quantitative estimate of drug-likeness (QED) is 0.596. The lowest BCUT2D eigenvalue weighted by Crippen LogP contribution is -1.91. The first-order valence-corrected chi connectivity index (χ1v) is 3.25. The van der Waals surface area contributed by atoms with Crippen molar-refractivity contribution in [2.75, 3.05) is 0 Å². The van der Waals surface area contributed by atoms with E-state index in [1.807, 2.05) is 6.07 Å². The lowest BCUT2D eigenvalue weighted by atomic mass is 10.2. The first kappa shape index (κ1) is 8.08. The van der Waals surface area contributed by atoms with Crippen molar-refractivity contribution in [1.82, 2.24) is 4.98 Å². The van der Waals surface area contributed by atoms with Gasteiger partial charge in [-0.3, -0.25) is 4.98 Å². The summed E-state index contributed by atoms with van der Waals surface area (Å²) >= 11 is 0. The molecule has 0 spiro atoms. The van der Waals surface area contributed by atoms with Gasteiger partial charge < -0.3 is 10.8 Å². The Kier molecular flexibility index (Phi) is 2.29. The smallest absolute Gasteiger partial charge is 0.156 e. The van der Waals surface area contributed by atoms with Crippen LogP contribution in [0.4, 0.5) is 0 Å². The minimum Gasteiger partial charge on any atom is -0.504 e. The highest BCUT2D eigenvalue weighted by Gasteiger charge is 1.98. The van der Waals surface area contributed by atoms with Crippen molar-refractivity contribution in [2.24, 2.45) is 5.73 Å². The number of aromatic nitrogens is 1. The molecule has 3 N–H and O–H groups in total. The summed E-state index contributed by atoms with van der Waals surface area (Å²) in [5.74, 6) is -0.0977. The highest BCUT2D eigenvalue weighted by atomic mass is 16.3. The molecule has 12 heavy (non-hydrogen) atoms. The predicted octanol–water partition coefficient (Wildman–Crippen LogP) is 0.768. The van der Waals surface area contributed by atoms with E-state index in [0.29, 0.717) is 11.3 Å². The fourth-order valence-corrected chi connectivity index (χ4v) is 0.697. The van der Waals surface area contributed by atoms with Crippen molar-refractivity contribution in [1.29, 1.82) is 5.26 Å². The van der Waals surface area contributed by atoms with Gasteiger partial charge in [0.25, 0.3) is 0 Å². The van der Waals surface area contributed by atoms with Crippen molar-refractivity contribution < 1.29 is 5.11 Å². The molecule has 1 heterocycles. The summed E-state index contributed by atoms with van der Waals surface area (Å²) in [7, 11) is 0. The number of aliphatic hydroxyl groups excluding tert-OH is 1. The summed E-state index contributed by atoms with van der Waals surface area (Å²) in [4.78, 5) is 3.80. The van der Waals surface area contributed by atoms with Crippen LogP contribution >= 0.6 is 0 Å². The van der Waals surface area contributed by atoms with Crippen molar-refractivity contribution in [3.8, 4) is 6.07 Å². The van der Waals surface area contributed by atoms with E-state index in [4.69, 9.17) is 16.1 Å². The highest BCUT2D eigenvalue weighted by molar-refractivity contribution is 5.54. The number of aliphatic hydroxyl groups is 1. The number of pyridine rings is 1. The topological polar surface area (TPSA) is 82.9 Å². The van der Waals surface area contributed by atoms with Crippen LogP contribution in [0.5, 0.6) is 0 Å². The van der Waals surface area contributed by atoms with E-state index in [-0.39, 0.29) is 5.76 Å². The third-order valence-corrected chi connectivity index (χ3v) is 1.31. The molecule has 0 aliphatic rings. The lowest BCUT2D eigenvalue weighted by molar-refractivity contribution is 0.507. The largest absolute Gasteiger partial charge is 0.504 e. The molecule has 4 nitrogen and oxygen atoms in total. The van der Waals surface area contributed by atoms with Gasteiger partial charge in [0, 0.05) is 12.4 Å². The van der Waals surface area contributed by atoms with Crippen molar-refractivity contribution >= 4 is 5.76 Å².